The minimum absolute atomic E-state index is 0.0115. The number of primary sulfonamides is 1. The van der Waals surface area contributed by atoms with E-state index in [1.54, 1.807) is 0 Å². The number of aromatic nitrogens is 2. The Hall–Kier alpha value is -2.47. The minimum atomic E-state index is -3.76. The molecule has 0 saturated heterocycles. The van der Waals surface area contributed by atoms with Gasteiger partial charge in [-0.2, -0.15) is 0 Å². The number of hydrogen-bond donors (Lipinski definition) is 3. The highest BCUT2D eigenvalue weighted by Crippen LogP contribution is 2.28. The summed E-state index contributed by atoms with van der Waals surface area (Å²) in [4.78, 5) is 12.1. The second-order valence-corrected chi connectivity index (χ2v) is 9.96. The highest BCUT2D eigenvalue weighted by atomic mass is 32.2. The summed E-state index contributed by atoms with van der Waals surface area (Å²) in [6, 6.07) is 11.7. The van der Waals surface area contributed by atoms with Crippen molar-refractivity contribution in [2.24, 2.45) is 5.14 Å². The molecule has 0 aliphatic carbocycles. The molecule has 152 valence electrons. The van der Waals surface area contributed by atoms with Crippen LogP contribution in [0.3, 0.4) is 0 Å². The Balaban J connectivity index is 1.52. The predicted octanol–water partition coefficient (Wildman–Crippen LogP) is 3.28. The second kappa shape index (κ2) is 8.91. The number of nitrogens with two attached hydrogens (primary N) is 1. The maximum Gasteiger partial charge on any atom is 0.238 e. The van der Waals surface area contributed by atoms with Crippen molar-refractivity contribution in [3.05, 3.63) is 53.6 Å². The van der Waals surface area contributed by atoms with Gasteiger partial charge in [0, 0.05) is 11.4 Å². The SMILES string of the molecule is Cc1ccc(Nc2nnc(SCC(=O)Nc3ccc(S(N)(=O)=O)cc3)s2)cc1C. The van der Waals surface area contributed by atoms with Gasteiger partial charge in [0.1, 0.15) is 0 Å². The van der Waals surface area contributed by atoms with Crippen molar-refractivity contribution in [2.45, 2.75) is 23.1 Å². The Labute approximate surface area is 177 Å². The minimum Gasteiger partial charge on any atom is -0.330 e. The summed E-state index contributed by atoms with van der Waals surface area (Å²) < 4.78 is 23.2. The van der Waals surface area contributed by atoms with Crippen LogP contribution in [-0.2, 0) is 14.8 Å². The van der Waals surface area contributed by atoms with Gasteiger partial charge in [-0.3, -0.25) is 4.79 Å². The number of amides is 1. The van der Waals surface area contributed by atoms with Crippen molar-refractivity contribution in [3.8, 4) is 0 Å². The van der Waals surface area contributed by atoms with Crippen molar-refractivity contribution >= 4 is 55.5 Å². The normalized spacial score (nSPS) is 11.3. The van der Waals surface area contributed by atoms with Crippen LogP contribution < -0.4 is 15.8 Å². The fourth-order valence-corrected chi connectivity index (χ4v) is 4.40. The lowest BCUT2D eigenvalue weighted by atomic mass is 10.1. The van der Waals surface area contributed by atoms with Gasteiger partial charge in [0.2, 0.25) is 21.1 Å². The number of aryl methyl sites for hydroxylation is 2. The van der Waals surface area contributed by atoms with E-state index in [1.807, 2.05) is 25.1 Å². The maximum atomic E-state index is 12.1. The Kier molecular flexibility index (Phi) is 6.52. The third kappa shape index (κ3) is 6.00. The summed E-state index contributed by atoms with van der Waals surface area (Å²) in [5, 5.41) is 19.8. The number of benzene rings is 2. The van der Waals surface area contributed by atoms with Crippen LogP contribution in [0, 0.1) is 13.8 Å². The average molecular weight is 450 g/mol. The van der Waals surface area contributed by atoms with Crippen LogP contribution in [0.25, 0.3) is 0 Å². The molecule has 11 heteroatoms. The number of hydrogen-bond acceptors (Lipinski definition) is 8. The standard InChI is InChI=1S/C18H19N5O3S3/c1-11-3-4-14(9-12(11)2)21-17-22-23-18(28-17)27-10-16(24)20-13-5-7-15(8-6-13)29(19,25)26/h3-9H,10H2,1-2H3,(H,20,24)(H,21,22)(H2,19,25,26). The molecule has 0 saturated carbocycles. The summed E-state index contributed by atoms with van der Waals surface area (Å²) in [6.45, 7) is 4.10. The van der Waals surface area contributed by atoms with E-state index in [1.165, 1.54) is 58.5 Å². The molecule has 0 aliphatic heterocycles. The molecule has 0 spiro atoms. The van der Waals surface area contributed by atoms with Crippen LogP contribution in [0.2, 0.25) is 0 Å². The fraction of sp³-hybridized carbons (Fsp3) is 0.167. The number of thioether (sulfide) groups is 1. The Morgan fingerprint density at radius 1 is 1.07 bits per heavy atom. The van der Waals surface area contributed by atoms with Crippen molar-refractivity contribution in [2.75, 3.05) is 16.4 Å². The monoisotopic (exact) mass is 449 g/mol. The average Bonchev–Trinajstić information content (AvgIpc) is 3.10. The van der Waals surface area contributed by atoms with E-state index < -0.39 is 10.0 Å². The lowest BCUT2D eigenvalue weighted by molar-refractivity contribution is -0.113. The van der Waals surface area contributed by atoms with Gasteiger partial charge in [-0.15, -0.1) is 10.2 Å². The molecule has 29 heavy (non-hydrogen) atoms. The molecular weight excluding hydrogens is 430 g/mol. The first-order chi connectivity index (χ1) is 13.7. The van der Waals surface area contributed by atoms with Crippen LogP contribution in [-0.4, -0.2) is 30.3 Å². The Bertz CT molecular complexity index is 1130. The van der Waals surface area contributed by atoms with E-state index >= 15 is 0 Å². The van der Waals surface area contributed by atoms with Crippen molar-refractivity contribution in [1.29, 1.82) is 0 Å². The van der Waals surface area contributed by atoms with Crippen LogP contribution in [0.4, 0.5) is 16.5 Å². The molecule has 0 fully saturated rings. The number of nitrogens with one attached hydrogen (secondary N) is 2. The summed E-state index contributed by atoms with van der Waals surface area (Å²) in [7, 11) is -3.76. The van der Waals surface area contributed by atoms with Crippen LogP contribution in [0.5, 0.6) is 0 Å². The van der Waals surface area contributed by atoms with E-state index in [-0.39, 0.29) is 16.6 Å². The van der Waals surface area contributed by atoms with Gasteiger partial charge in [-0.1, -0.05) is 29.2 Å². The number of rotatable bonds is 7. The second-order valence-electron chi connectivity index (χ2n) is 6.20. The molecule has 0 aliphatic rings. The maximum absolute atomic E-state index is 12.1. The smallest absolute Gasteiger partial charge is 0.238 e. The Morgan fingerprint density at radius 2 is 1.76 bits per heavy atom. The summed E-state index contributed by atoms with van der Waals surface area (Å²) in [5.41, 5.74) is 3.82. The van der Waals surface area contributed by atoms with E-state index in [0.29, 0.717) is 15.2 Å². The molecule has 1 heterocycles. The van der Waals surface area contributed by atoms with Crippen molar-refractivity contribution in [3.63, 3.8) is 0 Å². The van der Waals surface area contributed by atoms with Gasteiger partial charge in [0.25, 0.3) is 0 Å². The number of nitrogens with zero attached hydrogens (tertiary/aromatic N) is 2. The van der Waals surface area contributed by atoms with Crippen molar-refractivity contribution < 1.29 is 13.2 Å². The molecule has 4 N–H and O–H groups in total. The molecular formula is C18H19N5O3S3. The summed E-state index contributed by atoms with van der Waals surface area (Å²) in [5.74, 6) is -0.0907. The zero-order valence-electron chi connectivity index (χ0n) is 15.7. The van der Waals surface area contributed by atoms with Gasteiger partial charge < -0.3 is 10.6 Å². The zero-order valence-corrected chi connectivity index (χ0v) is 18.1. The van der Waals surface area contributed by atoms with E-state index in [4.69, 9.17) is 5.14 Å². The van der Waals surface area contributed by atoms with Gasteiger partial charge >= 0.3 is 0 Å². The molecule has 8 nitrogen and oxygen atoms in total. The first kappa shape index (κ1) is 21.2. The molecule has 1 amide bonds. The van der Waals surface area contributed by atoms with Gasteiger partial charge in [0.15, 0.2) is 4.34 Å². The lowest BCUT2D eigenvalue weighted by Crippen LogP contribution is -2.15. The number of carbonyl (C=O) groups is 1. The zero-order chi connectivity index (χ0) is 21.0. The third-order valence-corrected chi connectivity index (χ3v) is 6.86. The molecule has 0 bridgehead atoms. The third-order valence-electron chi connectivity index (χ3n) is 3.96. The Morgan fingerprint density at radius 3 is 2.41 bits per heavy atom. The largest absolute Gasteiger partial charge is 0.330 e. The molecule has 3 rings (SSSR count). The summed E-state index contributed by atoms with van der Waals surface area (Å²) >= 11 is 2.63. The van der Waals surface area contributed by atoms with Gasteiger partial charge in [0.05, 0.1) is 10.6 Å². The molecule has 0 unspecified atom stereocenters. The topological polar surface area (TPSA) is 127 Å². The number of sulfonamides is 1. The first-order valence-corrected chi connectivity index (χ1v) is 11.8. The highest BCUT2D eigenvalue weighted by molar-refractivity contribution is 8.01. The number of carbonyl (C=O) groups excluding carboxylic acids is 1. The first-order valence-electron chi connectivity index (χ1n) is 8.44. The van der Waals surface area contributed by atoms with E-state index in [2.05, 4.69) is 27.8 Å². The van der Waals surface area contributed by atoms with Gasteiger partial charge in [-0.25, -0.2) is 13.6 Å². The lowest BCUT2D eigenvalue weighted by Gasteiger charge is -2.05. The molecule has 0 atom stereocenters. The highest BCUT2D eigenvalue weighted by Gasteiger charge is 2.11. The van der Waals surface area contributed by atoms with Crippen LogP contribution in [0.1, 0.15) is 11.1 Å². The number of anilines is 3. The van der Waals surface area contributed by atoms with E-state index in [9.17, 15) is 13.2 Å². The molecule has 3 aromatic rings. The van der Waals surface area contributed by atoms with Crippen LogP contribution >= 0.6 is 23.1 Å². The van der Waals surface area contributed by atoms with Gasteiger partial charge in [-0.05, 0) is 61.4 Å². The van der Waals surface area contributed by atoms with E-state index in [0.717, 1.165) is 5.69 Å². The quantitative estimate of drug-likeness (QED) is 0.472. The van der Waals surface area contributed by atoms with Crippen molar-refractivity contribution in [1.82, 2.24) is 10.2 Å². The fourth-order valence-electron chi connectivity index (χ4n) is 2.31. The molecule has 2 aromatic carbocycles. The molecule has 0 radical (unpaired) electrons. The van der Waals surface area contributed by atoms with Crippen LogP contribution in [0.15, 0.2) is 51.7 Å². The molecule has 1 aromatic heterocycles. The summed E-state index contributed by atoms with van der Waals surface area (Å²) in [6.07, 6.45) is 0. The predicted molar refractivity (Wildman–Crippen MR) is 116 cm³/mol.